The minimum Gasteiger partial charge on any atom is -0.379 e. The first kappa shape index (κ1) is 31.0. The van der Waals surface area contributed by atoms with Gasteiger partial charge in [-0.3, -0.25) is 9.11 Å². The van der Waals surface area contributed by atoms with Crippen LogP contribution in [0.3, 0.4) is 0 Å². The van der Waals surface area contributed by atoms with Gasteiger partial charge in [-0.05, 0) is 40.4 Å². The van der Waals surface area contributed by atoms with Gasteiger partial charge < -0.3 is 20.2 Å². The van der Waals surface area contributed by atoms with Crippen molar-refractivity contribution in [2.45, 2.75) is 60.2 Å². The van der Waals surface area contributed by atoms with Gasteiger partial charge in [0.25, 0.3) is 0 Å². The second-order valence-electron chi connectivity index (χ2n) is 4.41. The van der Waals surface area contributed by atoms with E-state index < -0.39 is 29.1 Å². The van der Waals surface area contributed by atoms with E-state index >= 15 is 0 Å². The average molecular weight is 407 g/mol. The van der Waals surface area contributed by atoms with Gasteiger partial charge in [-0.2, -0.15) is 8.42 Å². The molecule has 0 aromatic rings. The molecule has 0 aliphatic rings. The van der Waals surface area contributed by atoms with E-state index in [0.29, 0.717) is 0 Å². The molecule has 0 aromatic heterocycles. The van der Waals surface area contributed by atoms with E-state index in [-0.39, 0.29) is 16.5 Å². The van der Waals surface area contributed by atoms with E-state index in [1.54, 1.807) is 0 Å². The summed E-state index contributed by atoms with van der Waals surface area (Å²) in [6, 6.07) is 0. The Morgan fingerprint density at radius 2 is 0.957 bits per heavy atom. The van der Waals surface area contributed by atoms with Crippen molar-refractivity contribution in [3.8, 4) is 0 Å². The van der Waals surface area contributed by atoms with Gasteiger partial charge in [-0.1, -0.05) is 20.8 Å². The molecular formula is C12H32N2NiO7S. The minimum absolute atomic E-state index is 0. The van der Waals surface area contributed by atoms with E-state index in [1.807, 2.05) is 0 Å². The standard InChI is InChI=1S/C6H15NO3.C6H15N.Ni.H2O4S/c1-4(8)7(5(2)9)6(3)10;1-4-7(5-2)6-3;;1-5(2,3)4/h4-6,8-10H,1-3H3;4-6H2,1-3H3;;(H2,1,2,3,4). The van der Waals surface area contributed by atoms with Gasteiger partial charge >= 0.3 is 10.4 Å². The van der Waals surface area contributed by atoms with E-state index in [2.05, 4.69) is 25.7 Å². The Morgan fingerprint density at radius 1 is 0.783 bits per heavy atom. The third-order valence-electron chi connectivity index (χ3n) is 2.64. The molecule has 0 bridgehead atoms. The van der Waals surface area contributed by atoms with Gasteiger partial charge in [-0.25, -0.2) is 4.90 Å². The second kappa shape index (κ2) is 17.0. The molecule has 0 aliphatic heterocycles. The summed E-state index contributed by atoms with van der Waals surface area (Å²) >= 11 is 0. The summed E-state index contributed by atoms with van der Waals surface area (Å²) in [6.07, 6.45) is -2.50. The SMILES string of the molecule is CC(O)N(C(C)O)C(C)O.CCN(CC)CC.O=S(=O)(O)O.[Ni]. The summed E-state index contributed by atoms with van der Waals surface area (Å²) in [5.74, 6) is 0. The topological polar surface area (TPSA) is 142 Å². The number of nitrogens with zero attached hydrogens (tertiary/aromatic N) is 2. The Kier molecular flexibility index (Phi) is 22.9. The molecule has 3 atom stereocenters. The van der Waals surface area contributed by atoms with Crippen molar-refractivity contribution in [1.29, 1.82) is 0 Å². The molecule has 148 valence electrons. The monoisotopic (exact) mass is 406 g/mol. The maximum Gasteiger partial charge on any atom is 0.394 e. The number of rotatable bonds is 6. The molecule has 0 saturated carbocycles. The zero-order valence-corrected chi connectivity index (χ0v) is 16.3. The molecule has 0 amide bonds. The Bertz CT molecular complexity index is 304. The molecule has 9 nitrogen and oxygen atoms in total. The summed E-state index contributed by atoms with van der Waals surface area (Å²) < 4.78 is 31.6. The first-order chi connectivity index (χ1) is 9.81. The van der Waals surface area contributed by atoms with Crippen LogP contribution >= 0.6 is 0 Å². The minimum atomic E-state index is -4.67. The predicted molar refractivity (Wildman–Crippen MR) is 84.5 cm³/mol. The molecule has 23 heavy (non-hydrogen) atoms. The molecule has 0 saturated heterocycles. The smallest absolute Gasteiger partial charge is 0.379 e. The Hall–Kier alpha value is 0.164. The van der Waals surface area contributed by atoms with Gasteiger partial charge in [0.2, 0.25) is 0 Å². The predicted octanol–water partition coefficient (Wildman–Crippen LogP) is -0.00390. The number of aliphatic hydroxyl groups is 3. The van der Waals surface area contributed by atoms with Crippen molar-refractivity contribution in [3.05, 3.63) is 0 Å². The molecule has 0 spiro atoms. The molecular weight excluding hydrogens is 375 g/mol. The normalized spacial score (nSPS) is 14.7. The average Bonchev–Trinajstić information content (AvgIpc) is 2.27. The Morgan fingerprint density at radius 3 is 0.957 bits per heavy atom. The van der Waals surface area contributed by atoms with Crippen molar-refractivity contribution in [2.24, 2.45) is 0 Å². The molecule has 0 fully saturated rings. The van der Waals surface area contributed by atoms with Crippen molar-refractivity contribution < 1.29 is 49.3 Å². The Labute approximate surface area is 149 Å². The first-order valence-corrected chi connectivity index (χ1v) is 8.45. The maximum atomic E-state index is 8.96. The molecule has 0 heterocycles. The summed E-state index contributed by atoms with van der Waals surface area (Å²) in [5, 5.41) is 26.9. The fraction of sp³-hybridized carbons (Fsp3) is 1.00. The van der Waals surface area contributed by atoms with Gasteiger partial charge in [0, 0.05) is 16.5 Å². The van der Waals surface area contributed by atoms with Crippen molar-refractivity contribution in [2.75, 3.05) is 19.6 Å². The van der Waals surface area contributed by atoms with Crippen LogP contribution in [-0.2, 0) is 26.9 Å². The van der Waals surface area contributed by atoms with E-state index in [0.717, 1.165) is 0 Å². The second-order valence-corrected chi connectivity index (χ2v) is 5.31. The largest absolute Gasteiger partial charge is 0.394 e. The molecule has 0 rings (SSSR count). The Balaban J connectivity index is -0.000000123. The van der Waals surface area contributed by atoms with Crippen molar-refractivity contribution in [3.63, 3.8) is 0 Å². The van der Waals surface area contributed by atoms with E-state index in [9.17, 15) is 0 Å². The quantitative estimate of drug-likeness (QED) is 0.234. The molecule has 11 heteroatoms. The van der Waals surface area contributed by atoms with Crippen LogP contribution in [0.5, 0.6) is 0 Å². The van der Waals surface area contributed by atoms with Crippen LogP contribution in [0.15, 0.2) is 0 Å². The maximum absolute atomic E-state index is 8.96. The first-order valence-electron chi connectivity index (χ1n) is 7.05. The molecule has 0 radical (unpaired) electrons. The third kappa shape index (κ3) is 27.3. The van der Waals surface area contributed by atoms with Crippen LogP contribution < -0.4 is 0 Å². The van der Waals surface area contributed by atoms with E-state index in [4.69, 9.17) is 32.8 Å². The number of hydrogen-bond acceptors (Lipinski definition) is 7. The van der Waals surface area contributed by atoms with Gasteiger partial charge in [0.1, 0.15) is 18.7 Å². The van der Waals surface area contributed by atoms with Gasteiger partial charge in [0.05, 0.1) is 0 Å². The van der Waals surface area contributed by atoms with Crippen LogP contribution in [0, 0.1) is 0 Å². The van der Waals surface area contributed by atoms with Gasteiger partial charge in [-0.15, -0.1) is 0 Å². The zero-order valence-electron chi connectivity index (χ0n) is 14.5. The number of aliphatic hydroxyl groups excluding tert-OH is 3. The van der Waals surface area contributed by atoms with Crippen molar-refractivity contribution >= 4 is 10.4 Å². The zero-order chi connectivity index (χ0) is 18.5. The molecule has 0 aliphatic carbocycles. The fourth-order valence-electron chi connectivity index (χ4n) is 1.61. The summed E-state index contributed by atoms with van der Waals surface area (Å²) in [4.78, 5) is 3.54. The fourth-order valence-corrected chi connectivity index (χ4v) is 1.61. The van der Waals surface area contributed by atoms with Crippen LogP contribution in [0.4, 0.5) is 0 Å². The molecule has 3 unspecified atom stereocenters. The third-order valence-corrected chi connectivity index (χ3v) is 2.64. The number of hydrogen-bond donors (Lipinski definition) is 5. The van der Waals surface area contributed by atoms with Crippen molar-refractivity contribution in [1.82, 2.24) is 9.80 Å². The summed E-state index contributed by atoms with van der Waals surface area (Å²) in [6.45, 7) is 14.6. The van der Waals surface area contributed by atoms with E-state index in [1.165, 1.54) is 45.3 Å². The van der Waals surface area contributed by atoms with Crippen LogP contribution in [-0.4, -0.2) is 81.0 Å². The summed E-state index contributed by atoms with van der Waals surface area (Å²) in [7, 11) is -4.67. The van der Waals surface area contributed by atoms with Crippen LogP contribution in [0.1, 0.15) is 41.5 Å². The van der Waals surface area contributed by atoms with Crippen LogP contribution in [0.2, 0.25) is 0 Å². The summed E-state index contributed by atoms with van der Waals surface area (Å²) in [5.41, 5.74) is 0. The molecule has 0 aromatic carbocycles. The van der Waals surface area contributed by atoms with Crippen LogP contribution in [0.25, 0.3) is 0 Å². The van der Waals surface area contributed by atoms with Gasteiger partial charge in [0.15, 0.2) is 0 Å². The molecule has 5 N–H and O–H groups in total.